The molecule has 7 heteroatoms. The third-order valence-electron chi connectivity index (χ3n) is 3.89. The van der Waals surface area contributed by atoms with E-state index >= 15 is 0 Å². The van der Waals surface area contributed by atoms with E-state index in [-0.39, 0.29) is 10.8 Å². The van der Waals surface area contributed by atoms with Crippen LogP contribution in [0.2, 0.25) is 0 Å². The van der Waals surface area contributed by atoms with Gasteiger partial charge in [-0.05, 0) is 49.9 Å². The average molecular weight is 354 g/mol. The normalized spacial score (nSPS) is 17.0. The van der Waals surface area contributed by atoms with Crippen LogP contribution in [0.15, 0.2) is 29.2 Å². The molecule has 0 saturated carbocycles. The van der Waals surface area contributed by atoms with Crippen LogP contribution in [-0.4, -0.2) is 44.4 Å². The lowest BCUT2D eigenvalue weighted by Gasteiger charge is -2.17. The van der Waals surface area contributed by atoms with Crippen molar-refractivity contribution in [3.8, 4) is 5.75 Å². The fourth-order valence-electron chi connectivity index (χ4n) is 2.47. The molecule has 1 aliphatic rings. The first kappa shape index (κ1) is 18.7. The van der Waals surface area contributed by atoms with Crippen LogP contribution in [0.25, 0.3) is 0 Å². The summed E-state index contributed by atoms with van der Waals surface area (Å²) >= 11 is 0. The van der Waals surface area contributed by atoms with Crippen LogP contribution >= 0.6 is 0 Å². The van der Waals surface area contributed by atoms with Gasteiger partial charge in [-0.15, -0.1) is 0 Å². The van der Waals surface area contributed by atoms with Crippen LogP contribution in [-0.2, 0) is 14.8 Å². The molecule has 1 aromatic rings. The Balaban J connectivity index is 1.98. The maximum absolute atomic E-state index is 12.4. The summed E-state index contributed by atoms with van der Waals surface area (Å²) in [5.41, 5.74) is 0. The number of carbonyl (C=O) groups excluding carboxylic acids is 1. The Hall–Kier alpha value is -1.60. The number of amides is 1. The molecular formula is C17H26N2O4S. The van der Waals surface area contributed by atoms with E-state index < -0.39 is 16.1 Å². The predicted molar refractivity (Wildman–Crippen MR) is 92.4 cm³/mol. The van der Waals surface area contributed by atoms with Crippen LogP contribution in [0.3, 0.4) is 0 Å². The smallest absolute Gasteiger partial charge is 0.260 e. The summed E-state index contributed by atoms with van der Waals surface area (Å²) in [5, 5.41) is 2.81. The molecule has 1 aromatic carbocycles. The molecule has 0 aliphatic carbocycles. The van der Waals surface area contributed by atoms with E-state index in [1.165, 1.54) is 16.4 Å². The Morgan fingerprint density at radius 1 is 1.17 bits per heavy atom. The molecule has 0 spiro atoms. The second-order valence-corrected chi connectivity index (χ2v) is 8.42. The van der Waals surface area contributed by atoms with Gasteiger partial charge in [-0.3, -0.25) is 4.79 Å². The third-order valence-corrected chi connectivity index (χ3v) is 5.81. The van der Waals surface area contributed by atoms with Gasteiger partial charge in [0.25, 0.3) is 5.91 Å². The minimum Gasteiger partial charge on any atom is -0.481 e. The molecule has 134 valence electrons. The third kappa shape index (κ3) is 4.70. The first-order valence-electron chi connectivity index (χ1n) is 8.35. The van der Waals surface area contributed by atoms with Crippen LogP contribution in [0, 0.1) is 5.92 Å². The Kier molecular flexibility index (Phi) is 6.23. The van der Waals surface area contributed by atoms with Gasteiger partial charge in [-0.2, -0.15) is 4.31 Å². The number of hydrogen-bond acceptors (Lipinski definition) is 4. The first-order chi connectivity index (χ1) is 11.3. The van der Waals surface area contributed by atoms with E-state index in [1.807, 2.05) is 13.8 Å². The van der Waals surface area contributed by atoms with Gasteiger partial charge in [-0.25, -0.2) is 8.42 Å². The highest BCUT2D eigenvalue weighted by molar-refractivity contribution is 7.89. The monoisotopic (exact) mass is 354 g/mol. The minimum atomic E-state index is -3.42. The molecule has 1 aliphatic heterocycles. The fourth-order valence-corrected chi connectivity index (χ4v) is 3.99. The number of ether oxygens (including phenoxy) is 1. The summed E-state index contributed by atoms with van der Waals surface area (Å²) in [4.78, 5) is 12.2. The van der Waals surface area contributed by atoms with Crippen LogP contribution in [0.1, 0.15) is 33.6 Å². The van der Waals surface area contributed by atoms with Gasteiger partial charge in [0, 0.05) is 19.6 Å². The van der Waals surface area contributed by atoms with Crippen molar-refractivity contribution in [1.82, 2.24) is 9.62 Å². The standard InChI is InChI=1S/C17H26N2O4S/c1-13(2)12-18-17(20)14(3)23-15-6-8-16(9-7-15)24(21,22)19-10-4-5-11-19/h6-9,13-14H,4-5,10-12H2,1-3H3,(H,18,20)/t14-/m0/s1. The van der Waals surface area contributed by atoms with Gasteiger partial charge in [0.2, 0.25) is 10.0 Å². The highest BCUT2D eigenvalue weighted by Gasteiger charge is 2.27. The van der Waals surface area contributed by atoms with Crippen molar-refractivity contribution in [1.29, 1.82) is 0 Å². The number of benzene rings is 1. The molecule has 0 unspecified atom stereocenters. The number of hydrogen-bond donors (Lipinski definition) is 1. The van der Waals surface area contributed by atoms with Gasteiger partial charge in [0.05, 0.1) is 4.90 Å². The zero-order chi connectivity index (χ0) is 17.7. The zero-order valence-electron chi connectivity index (χ0n) is 14.5. The van der Waals surface area contributed by atoms with Crippen LogP contribution in [0.5, 0.6) is 5.75 Å². The van der Waals surface area contributed by atoms with Gasteiger partial charge in [-0.1, -0.05) is 13.8 Å². The molecule has 0 aromatic heterocycles. The predicted octanol–water partition coefficient (Wildman–Crippen LogP) is 2.01. The second-order valence-electron chi connectivity index (χ2n) is 6.48. The Labute approximate surface area is 144 Å². The zero-order valence-corrected chi connectivity index (χ0v) is 15.3. The van der Waals surface area contributed by atoms with E-state index in [4.69, 9.17) is 4.74 Å². The molecule has 6 nitrogen and oxygen atoms in total. The largest absolute Gasteiger partial charge is 0.481 e. The van der Waals surface area contributed by atoms with E-state index in [0.29, 0.717) is 31.3 Å². The Bertz CT molecular complexity index is 650. The number of sulfonamides is 1. The summed E-state index contributed by atoms with van der Waals surface area (Å²) in [6.45, 7) is 7.46. The molecule has 1 heterocycles. The van der Waals surface area contributed by atoms with Gasteiger partial charge < -0.3 is 10.1 Å². The second kappa shape index (κ2) is 7.98. The van der Waals surface area contributed by atoms with E-state index in [2.05, 4.69) is 5.32 Å². The number of carbonyl (C=O) groups is 1. The van der Waals surface area contributed by atoms with E-state index in [1.54, 1.807) is 19.1 Å². The molecular weight excluding hydrogens is 328 g/mol. The number of rotatable bonds is 7. The van der Waals surface area contributed by atoms with Crippen molar-refractivity contribution >= 4 is 15.9 Å². The molecule has 2 rings (SSSR count). The lowest BCUT2D eigenvalue weighted by Crippen LogP contribution is -2.38. The molecule has 0 radical (unpaired) electrons. The topological polar surface area (TPSA) is 75.7 Å². The first-order valence-corrected chi connectivity index (χ1v) is 9.79. The van der Waals surface area contributed by atoms with Gasteiger partial charge in [0.15, 0.2) is 6.10 Å². The summed E-state index contributed by atoms with van der Waals surface area (Å²) in [6.07, 6.45) is 1.18. The maximum atomic E-state index is 12.4. The van der Waals surface area contributed by atoms with Crippen LogP contribution < -0.4 is 10.1 Å². The Morgan fingerprint density at radius 2 is 1.75 bits per heavy atom. The van der Waals surface area contributed by atoms with Crippen molar-refractivity contribution < 1.29 is 17.9 Å². The van der Waals surface area contributed by atoms with Crippen molar-refractivity contribution in [3.05, 3.63) is 24.3 Å². The summed E-state index contributed by atoms with van der Waals surface area (Å²) in [6, 6.07) is 6.24. The molecule has 1 N–H and O–H groups in total. The van der Waals surface area contributed by atoms with Crippen molar-refractivity contribution in [3.63, 3.8) is 0 Å². The molecule has 0 bridgehead atoms. The van der Waals surface area contributed by atoms with Crippen molar-refractivity contribution in [2.75, 3.05) is 19.6 Å². The minimum absolute atomic E-state index is 0.183. The Morgan fingerprint density at radius 3 is 2.29 bits per heavy atom. The van der Waals surface area contributed by atoms with Gasteiger partial charge in [0.1, 0.15) is 5.75 Å². The molecule has 24 heavy (non-hydrogen) atoms. The maximum Gasteiger partial charge on any atom is 0.260 e. The SMILES string of the molecule is CC(C)CNC(=O)[C@H](C)Oc1ccc(S(=O)(=O)N2CCCC2)cc1. The van der Waals surface area contributed by atoms with Crippen molar-refractivity contribution in [2.45, 2.75) is 44.6 Å². The highest BCUT2D eigenvalue weighted by atomic mass is 32.2. The summed E-state index contributed by atoms with van der Waals surface area (Å²) in [5.74, 6) is 0.663. The molecule has 1 fully saturated rings. The summed E-state index contributed by atoms with van der Waals surface area (Å²) in [7, 11) is -3.42. The highest BCUT2D eigenvalue weighted by Crippen LogP contribution is 2.23. The summed E-state index contributed by atoms with van der Waals surface area (Å²) < 4.78 is 32.0. The van der Waals surface area contributed by atoms with Gasteiger partial charge >= 0.3 is 0 Å². The van der Waals surface area contributed by atoms with E-state index in [9.17, 15) is 13.2 Å². The molecule has 1 saturated heterocycles. The number of nitrogens with one attached hydrogen (secondary N) is 1. The molecule has 1 atom stereocenters. The number of nitrogens with zero attached hydrogens (tertiary/aromatic N) is 1. The molecule has 1 amide bonds. The van der Waals surface area contributed by atoms with Crippen molar-refractivity contribution in [2.24, 2.45) is 5.92 Å². The lowest BCUT2D eigenvalue weighted by atomic mass is 10.2. The fraction of sp³-hybridized carbons (Fsp3) is 0.588. The van der Waals surface area contributed by atoms with E-state index in [0.717, 1.165) is 12.8 Å². The van der Waals surface area contributed by atoms with Crippen LogP contribution in [0.4, 0.5) is 0 Å². The average Bonchev–Trinajstić information content (AvgIpc) is 3.08. The lowest BCUT2D eigenvalue weighted by molar-refractivity contribution is -0.127. The quantitative estimate of drug-likeness (QED) is 0.813.